The first-order valence-electron chi connectivity index (χ1n) is 12.0. The summed E-state index contributed by atoms with van der Waals surface area (Å²) in [4.78, 5) is 26.1. The molecule has 0 aromatic heterocycles. The third-order valence-electron chi connectivity index (χ3n) is 6.14. The third-order valence-corrected chi connectivity index (χ3v) is 6.14. The molecule has 0 spiro atoms. The molecule has 3 N–H and O–H groups in total. The Labute approximate surface area is 202 Å². The molecule has 5 nitrogen and oxygen atoms in total. The molecule has 0 saturated carbocycles. The minimum atomic E-state index is -1.65. The fourth-order valence-electron chi connectivity index (χ4n) is 4.38. The van der Waals surface area contributed by atoms with Crippen molar-refractivity contribution in [3.8, 4) is 0 Å². The van der Waals surface area contributed by atoms with E-state index in [0.717, 1.165) is 21.9 Å². The number of hydrogen-bond acceptors (Lipinski definition) is 4. The van der Waals surface area contributed by atoms with Gasteiger partial charge in [-0.1, -0.05) is 86.6 Å². The van der Waals surface area contributed by atoms with Crippen LogP contribution in [0, 0.1) is 11.8 Å². The van der Waals surface area contributed by atoms with Crippen LogP contribution in [0.25, 0.3) is 10.8 Å². The van der Waals surface area contributed by atoms with Crippen LogP contribution < -0.4 is 5.32 Å². The average molecular weight is 459 g/mol. The van der Waals surface area contributed by atoms with Gasteiger partial charge in [-0.05, 0) is 47.1 Å². The lowest BCUT2D eigenvalue weighted by molar-refractivity contribution is -0.129. The highest BCUT2D eigenvalue weighted by Crippen LogP contribution is 2.21. The number of hydrogen-bond donors (Lipinski definition) is 3. The molecule has 0 aliphatic carbocycles. The zero-order valence-electron chi connectivity index (χ0n) is 20.0. The fraction of sp³-hybridized carbons (Fsp3) is 0.357. The van der Waals surface area contributed by atoms with E-state index in [2.05, 4.69) is 23.5 Å². The zero-order chi connectivity index (χ0) is 24.5. The molecule has 3 rings (SSSR count). The van der Waals surface area contributed by atoms with E-state index in [4.69, 9.17) is 0 Å². The van der Waals surface area contributed by atoms with E-state index in [9.17, 15) is 19.6 Å². The zero-order valence-corrected chi connectivity index (χ0v) is 20.0. The number of nitrogens with one attached hydrogen (secondary N) is 1. The van der Waals surface area contributed by atoms with Crippen molar-refractivity contribution in [2.45, 2.75) is 51.9 Å². The summed E-state index contributed by atoms with van der Waals surface area (Å²) in [5, 5.41) is 24.5. The predicted octanol–water partition coefficient (Wildman–Crippen LogP) is 4.13. The first-order chi connectivity index (χ1) is 16.3. The number of ketones is 1. The maximum absolute atomic E-state index is 13.1. The van der Waals surface area contributed by atoms with Crippen molar-refractivity contribution in [3.05, 3.63) is 83.9 Å². The topological polar surface area (TPSA) is 86.6 Å². The summed E-state index contributed by atoms with van der Waals surface area (Å²) in [6.45, 7) is 3.92. The second-order valence-corrected chi connectivity index (χ2v) is 9.43. The van der Waals surface area contributed by atoms with Gasteiger partial charge in [-0.15, -0.1) is 0 Å². The largest absolute Gasteiger partial charge is 0.475 e. The summed E-state index contributed by atoms with van der Waals surface area (Å²) >= 11 is 0. The molecule has 0 aliphatic rings. The van der Waals surface area contributed by atoms with E-state index in [1.54, 1.807) is 0 Å². The van der Waals surface area contributed by atoms with Gasteiger partial charge in [0.15, 0.2) is 0 Å². The lowest BCUT2D eigenvalue weighted by Crippen LogP contribution is -2.49. The van der Waals surface area contributed by atoms with E-state index >= 15 is 0 Å². The Hall–Kier alpha value is -2.96. The van der Waals surface area contributed by atoms with Crippen molar-refractivity contribution in [1.29, 1.82) is 0 Å². The number of Topliss-reactive ketones (excluding diaryl/α,β-unsaturated/α-hetero) is 1. The molecular formula is C28H34BNO4. The molecule has 3 aromatic carbocycles. The molecule has 1 amide bonds. The number of benzene rings is 3. The van der Waals surface area contributed by atoms with E-state index < -0.39 is 19.0 Å². The highest BCUT2D eigenvalue weighted by molar-refractivity contribution is 6.43. The highest BCUT2D eigenvalue weighted by atomic mass is 16.4. The van der Waals surface area contributed by atoms with Crippen LogP contribution >= 0.6 is 0 Å². The Bertz CT molecular complexity index is 1080. The molecule has 0 saturated heterocycles. The summed E-state index contributed by atoms with van der Waals surface area (Å²) in [5.74, 6) is -1.45. The molecule has 3 aromatic rings. The normalized spacial score (nSPS) is 13.0. The van der Waals surface area contributed by atoms with Crippen molar-refractivity contribution in [1.82, 2.24) is 5.32 Å². The number of rotatable bonds is 12. The second kappa shape index (κ2) is 12.5. The predicted molar refractivity (Wildman–Crippen MR) is 137 cm³/mol. The molecular weight excluding hydrogens is 425 g/mol. The number of amides is 1. The Morgan fingerprint density at radius 1 is 0.912 bits per heavy atom. The van der Waals surface area contributed by atoms with E-state index in [1.807, 2.05) is 68.4 Å². The van der Waals surface area contributed by atoms with Crippen LogP contribution in [0.3, 0.4) is 0 Å². The Morgan fingerprint density at radius 2 is 1.59 bits per heavy atom. The molecule has 178 valence electrons. The van der Waals surface area contributed by atoms with Crippen LogP contribution in [0.15, 0.2) is 72.8 Å². The maximum Gasteiger partial charge on any atom is 0.475 e. The van der Waals surface area contributed by atoms with Gasteiger partial charge in [-0.2, -0.15) is 0 Å². The number of fused-ring (bicyclic) bond motifs is 1. The van der Waals surface area contributed by atoms with Crippen LogP contribution in [0.5, 0.6) is 0 Å². The van der Waals surface area contributed by atoms with Gasteiger partial charge in [0, 0.05) is 18.8 Å². The van der Waals surface area contributed by atoms with Crippen molar-refractivity contribution in [2.24, 2.45) is 11.8 Å². The number of aryl methyl sites for hydroxylation is 1. The van der Waals surface area contributed by atoms with Gasteiger partial charge in [0.1, 0.15) is 5.78 Å². The second-order valence-electron chi connectivity index (χ2n) is 9.43. The monoisotopic (exact) mass is 459 g/mol. The molecule has 0 aliphatic heterocycles. The maximum atomic E-state index is 13.1. The summed E-state index contributed by atoms with van der Waals surface area (Å²) in [5.41, 5.74) is 2.09. The van der Waals surface area contributed by atoms with Crippen molar-refractivity contribution in [2.75, 3.05) is 0 Å². The fourth-order valence-corrected chi connectivity index (χ4v) is 4.38. The summed E-state index contributed by atoms with van der Waals surface area (Å²) in [6.07, 6.45) is 1.94. The molecule has 0 unspecified atom stereocenters. The first kappa shape index (κ1) is 25.7. The minimum Gasteiger partial charge on any atom is -0.426 e. The Kier molecular flexibility index (Phi) is 9.43. The third kappa shape index (κ3) is 7.54. The molecule has 0 bridgehead atoms. The standard InChI is InChI=1S/C28H34BNO4/c1-20(2)17-27(29(33)34)30-28(32)24(18-21-9-4-3-5-10-21)19-25(31)16-15-23-13-8-12-22-11-6-7-14-26(22)23/h3-14,20,24,27,33-34H,15-19H2,1-2H3,(H,30,32)/t24-,27+/m1/s1. The molecule has 6 heteroatoms. The number of carbonyl (C=O) groups is 2. The Morgan fingerprint density at radius 3 is 2.29 bits per heavy atom. The number of carbonyl (C=O) groups excluding carboxylic acids is 2. The van der Waals surface area contributed by atoms with E-state index in [1.165, 1.54) is 0 Å². The lowest BCUT2D eigenvalue weighted by Gasteiger charge is -2.23. The van der Waals surface area contributed by atoms with Crippen molar-refractivity contribution < 1.29 is 19.6 Å². The van der Waals surface area contributed by atoms with Gasteiger partial charge in [-0.25, -0.2) is 0 Å². The van der Waals surface area contributed by atoms with Gasteiger partial charge in [0.25, 0.3) is 0 Å². The van der Waals surface area contributed by atoms with Gasteiger partial charge in [-0.3, -0.25) is 9.59 Å². The summed E-state index contributed by atoms with van der Waals surface area (Å²) in [7, 11) is -1.65. The highest BCUT2D eigenvalue weighted by Gasteiger charge is 2.30. The van der Waals surface area contributed by atoms with Crippen LogP contribution in [-0.4, -0.2) is 34.8 Å². The van der Waals surface area contributed by atoms with Crippen LogP contribution in [-0.2, 0) is 22.4 Å². The quantitative estimate of drug-likeness (QED) is 0.356. The molecule has 0 heterocycles. The Balaban J connectivity index is 1.69. The van der Waals surface area contributed by atoms with Crippen LogP contribution in [0.1, 0.15) is 44.2 Å². The van der Waals surface area contributed by atoms with E-state index in [-0.39, 0.29) is 24.0 Å². The SMILES string of the molecule is CC(C)C[C@H](NC(=O)[C@@H](CC(=O)CCc1cccc2ccccc12)Cc1ccccc1)B(O)O. The minimum absolute atomic E-state index is 0.0222. The summed E-state index contributed by atoms with van der Waals surface area (Å²) in [6, 6.07) is 23.8. The van der Waals surface area contributed by atoms with Gasteiger partial charge in [0.05, 0.1) is 5.94 Å². The van der Waals surface area contributed by atoms with Gasteiger partial charge < -0.3 is 15.4 Å². The van der Waals surface area contributed by atoms with Gasteiger partial charge >= 0.3 is 7.12 Å². The van der Waals surface area contributed by atoms with Crippen molar-refractivity contribution in [3.63, 3.8) is 0 Å². The summed E-state index contributed by atoms with van der Waals surface area (Å²) < 4.78 is 0. The average Bonchev–Trinajstić information content (AvgIpc) is 2.82. The van der Waals surface area contributed by atoms with Gasteiger partial charge in [0.2, 0.25) is 5.91 Å². The first-order valence-corrected chi connectivity index (χ1v) is 12.0. The smallest absolute Gasteiger partial charge is 0.426 e. The molecule has 34 heavy (non-hydrogen) atoms. The lowest BCUT2D eigenvalue weighted by atomic mass is 9.74. The molecule has 2 atom stereocenters. The molecule has 0 radical (unpaired) electrons. The van der Waals surface area contributed by atoms with E-state index in [0.29, 0.717) is 25.7 Å². The molecule has 0 fully saturated rings. The van der Waals surface area contributed by atoms with Crippen molar-refractivity contribution >= 4 is 29.6 Å². The van der Waals surface area contributed by atoms with Crippen LogP contribution in [0.4, 0.5) is 0 Å². The van der Waals surface area contributed by atoms with Crippen LogP contribution in [0.2, 0.25) is 0 Å².